The fourth-order valence-electron chi connectivity index (χ4n) is 2.78. The van der Waals surface area contributed by atoms with Crippen LogP contribution >= 0.6 is 12.2 Å². The molecule has 106 valence electrons. The van der Waals surface area contributed by atoms with Crippen LogP contribution in [0.1, 0.15) is 0 Å². The van der Waals surface area contributed by atoms with E-state index < -0.39 is 0 Å². The van der Waals surface area contributed by atoms with E-state index in [0.29, 0.717) is 10.2 Å². The molecule has 1 aromatic heterocycles. The molecule has 4 rings (SSSR count). The molecule has 4 heteroatoms. The van der Waals surface area contributed by atoms with Crippen molar-refractivity contribution in [2.45, 2.75) is 0 Å². The first-order chi connectivity index (χ1) is 10.8. The number of aromatic nitrogens is 2. The van der Waals surface area contributed by atoms with Gasteiger partial charge in [-0.1, -0.05) is 48.5 Å². The van der Waals surface area contributed by atoms with Gasteiger partial charge in [0.1, 0.15) is 0 Å². The maximum atomic E-state index is 12.9. The zero-order valence-electron chi connectivity index (χ0n) is 11.6. The topological polar surface area (TPSA) is 37.8 Å². The summed E-state index contributed by atoms with van der Waals surface area (Å²) in [5, 5.41) is 2.71. The van der Waals surface area contributed by atoms with Crippen molar-refractivity contribution in [3.8, 4) is 5.69 Å². The second-order valence-electron chi connectivity index (χ2n) is 5.11. The smallest absolute Gasteiger partial charge is 0.266 e. The van der Waals surface area contributed by atoms with Crippen molar-refractivity contribution in [1.82, 2.24) is 9.55 Å². The van der Waals surface area contributed by atoms with Crippen LogP contribution < -0.4 is 5.56 Å². The number of hydrogen-bond acceptors (Lipinski definition) is 2. The quantitative estimate of drug-likeness (QED) is 0.535. The Balaban J connectivity index is 2.18. The van der Waals surface area contributed by atoms with Crippen molar-refractivity contribution >= 4 is 33.9 Å². The Labute approximate surface area is 131 Å². The molecule has 0 saturated heterocycles. The average Bonchev–Trinajstić information content (AvgIpc) is 2.55. The van der Waals surface area contributed by atoms with E-state index in [0.717, 1.165) is 22.0 Å². The number of fused-ring (bicyclic) bond motifs is 2. The number of rotatable bonds is 1. The lowest BCUT2D eigenvalue weighted by Gasteiger charge is -2.11. The van der Waals surface area contributed by atoms with Crippen molar-refractivity contribution in [3.63, 3.8) is 0 Å². The maximum Gasteiger partial charge on any atom is 0.266 e. The fourth-order valence-corrected chi connectivity index (χ4v) is 3.08. The van der Waals surface area contributed by atoms with Gasteiger partial charge in [0, 0.05) is 5.39 Å². The number of aromatic amines is 1. The van der Waals surface area contributed by atoms with Crippen LogP contribution in [0.2, 0.25) is 0 Å². The van der Waals surface area contributed by atoms with Crippen LogP contribution in [-0.2, 0) is 0 Å². The predicted molar refractivity (Wildman–Crippen MR) is 92.2 cm³/mol. The summed E-state index contributed by atoms with van der Waals surface area (Å²) in [7, 11) is 0. The predicted octanol–water partition coefficient (Wildman–Crippen LogP) is 4.20. The zero-order chi connectivity index (χ0) is 15.1. The fraction of sp³-hybridized carbons (Fsp3) is 0. The summed E-state index contributed by atoms with van der Waals surface area (Å²) in [4.78, 5) is 16.0. The van der Waals surface area contributed by atoms with Gasteiger partial charge in [-0.2, -0.15) is 0 Å². The number of nitrogens with zero attached hydrogens (tertiary/aromatic N) is 1. The van der Waals surface area contributed by atoms with Gasteiger partial charge in [0.05, 0.1) is 16.6 Å². The molecule has 22 heavy (non-hydrogen) atoms. The van der Waals surface area contributed by atoms with Gasteiger partial charge >= 0.3 is 0 Å². The molecule has 1 N–H and O–H groups in total. The van der Waals surface area contributed by atoms with E-state index in [9.17, 15) is 4.79 Å². The third-order valence-corrected chi connectivity index (χ3v) is 4.10. The van der Waals surface area contributed by atoms with Gasteiger partial charge in [-0.05, 0) is 35.8 Å². The van der Waals surface area contributed by atoms with Gasteiger partial charge in [-0.25, -0.2) is 0 Å². The van der Waals surface area contributed by atoms with Crippen LogP contribution in [0.3, 0.4) is 0 Å². The molecule has 0 amide bonds. The van der Waals surface area contributed by atoms with Crippen molar-refractivity contribution in [2.75, 3.05) is 0 Å². The number of nitrogens with one attached hydrogen (secondary N) is 1. The SMILES string of the molecule is O=c1c2ccccc2[nH]c(=S)n1-c1cccc2ccccc12. The van der Waals surface area contributed by atoms with Gasteiger partial charge in [0.15, 0.2) is 4.77 Å². The first kappa shape index (κ1) is 13.0. The Morgan fingerprint density at radius 2 is 1.50 bits per heavy atom. The minimum absolute atomic E-state index is 0.101. The number of para-hydroxylation sites is 1. The maximum absolute atomic E-state index is 12.9. The highest BCUT2D eigenvalue weighted by molar-refractivity contribution is 7.71. The molecule has 0 aliphatic carbocycles. The molecule has 0 fully saturated rings. The molecule has 0 saturated carbocycles. The van der Waals surface area contributed by atoms with Gasteiger partial charge in [-0.15, -0.1) is 0 Å². The summed E-state index contributed by atoms with van der Waals surface area (Å²) in [5.41, 5.74) is 1.46. The molecular weight excluding hydrogens is 292 g/mol. The van der Waals surface area contributed by atoms with E-state index in [1.165, 1.54) is 0 Å². The number of benzene rings is 3. The van der Waals surface area contributed by atoms with Gasteiger partial charge in [0.2, 0.25) is 0 Å². The van der Waals surface area contributed by atoms with E-state index in [-0.39, 0.29) is 5.56 Å². The first-order valence-corrected chi connectivity index (χ1v) is 7.39. The van der Waals surface area contributed by atoms with E-state index in [2.05, 4.69) is 4.98 Å². The summed E-state index contributed by atoms with van der Waals surface area (Å²) < 4.78 is 1.97. The van der Waals surface area contributed by atoms with Gasteiger partial charge in [-0.3, -0.25) is 9.36 Å². The molecular formula is C18H12N2OS. The Hall–Kier alpha value is -2.72. The standard InChI is InChI=1S/C18H12N2OS/c21-17-14-9-3-4-10-15(14)19-18(22)20(17)16-11-5-7-12-6-1-2-8-13(12)16/h1-11H,(H,19,22). The van der Waals surface area contributed by atoms with Crippen LogP contribution in [0.5, 0.6) is 0 Å². The number of hydrogen-bond donors (Lipinski definition) is 1. The van der Waals surface area contributed by atoms with Crippen LogP contribution in [0.25, 0.3) is 27.4 Å². The zero-order valence-corrected chi connectivity index (χ0v) is 12.4. The van der Waals surface area contributed by atoms with Crippen LogP contribution in [0.15, 0.2) is 71.5 Å². The van der Waals surface area contributed by atoms with Crippen molar-refractivity contribution in [3.05, 3.63) is 81.9 Å². The number of H-pyrrole nitrogens is 1. The summed E-state index contributed by atoms with van der Waals surface area (Å²) in [5.74, 6) is 0. The molecule has 0 unspecified atom stereocenters. The monoisotopic (exact) mass is 304 g/mol. The minimum Gasteiger partial charge on any atom is -0.331 e. The first-order valence-electron chi connectivity index (χ1n) is 6.98. The molecule has 0 atom stereocenters. The molecule has 0 spiro atoms. The Kier molecular flexibility index (Phi) is 2.91. The minimum atomic E-state index is -0.101. The summed E-state index contributed by atoms with van der Waals surface area (Å²) in [6, 6.07) is 21.3. The van der Waals surface area contributed by atoms with Crippen LogP contribution in [0, 0.1) is 4.77 Å². The third-order valence-electron chi connectivity index (χ3n) is 3.81. The molecule has 0 radical (unpaired) electrons. The molecule has 3 nitrogen and oxygen atoms in total. The molecule has 0 aliphatic heterocycles. The summed E-state index contributed by atoms with van der Waals surface area (Å²) in [6.07, 6.45) is 0. The van der Waals surface area contributed by atoms with Crippen molar-refractivity contribution in [2.24, 2.45) is 0 Å². The Bertz CT molecular complexity index is 1120. The van der Waals surface area contributed by atoms with E-state index >= 15 is 0 Å². The normalized spacial score (nSPS) is 11.1. The Morgan fingerprint density at radius 1 is 0.818 bits per heavy atom. The highest BCUT2D eigenvalue weighted by Gasteiger charge is 2.09. The lowest BCUT2D eigenvalue weighted by molar-refractivity contribution is 0.948. The lowest BCUT2D eigenvalue weighted by atomic mass is 10.1. The van der Waals surface area contributed by atoms with Gasteiger partial charge < -0.3 is 4.98 Å². The highest BCUT2D eigenvalue weighted by atomic mass is 32.1. The van der Waals surface area contributed by atoms with E-state index in [4.69, 9.17) is 12.2 Å². The van der Waals surface area contributed by atoms with Crippen molar-refractivity contribution < 1.29 is 0 Å². The van der Waals surface area contributed by atoms with Gasteiger partial charge in [0.25, 0.3) is 5.56 Å². The van der Waals surface area contributed by atoms with Crippen molar-refractivity contribution in [1.29, 1.82) is 0 Å². The summed E-state index contributed by atoms with van der Waals surface area (Å²) in [6.45, 7) is 0. The lowest BCUT2D eigenvalue weighted by Crippen LogP contribution is -2.20. The summed E-state index contributed by atoms with van der Waals surface area (Å²) >= 11 is 5.42. The molecule has 1 heterocycles. The molecule has 3 aromatic carbocycles. The molecule has 4 aromatic rings. The highest BCUT2D eigenvalue weighted by Crippen LogP contribution is 2.21. The third kappa shape index (κ3) is 1.89. The van der Waals surface area contributed by atoms with E-state index in [1.54, 1.807) is 4.57 Å². The Morgan fingerprint density at radius 3 is 2.36 bits per heavy atom. The molecule has 0 bridgehead atoms. The largest absolute Gasteiger partial charge is 0.331 e. The van der Waals surface area contributed by atoms with Crippen LogP contribution in [-0.4, -0.2) is 9.55 Å². The molecule has 0 aliphatic rings. The second-order valence-corrected chi connectivity index (χ2v) is 5.50. The average molecular weight is 304 g/mol. The second kappa shape index (κ2) is 4.93. The van der Waals surface area contributed by atoms with E-state index in [1.807, 2.05) is 66.7 Å². The van der Waals surface area contributed by atoms with Crippen LogP contribution in [0.4, 0.5) is 0 Å².